The largest absolute Gasteiger partial charge is 0.447 e. The van der Waals surface area contributed by atoms with Gasteiger partial charge in [0.2, 0.25) is 0 Å². The topological polar surface area (TPSA) is 66.9 Å². The van der Waals surface area contributed by atoms with Crippen LogP contribution in [0.4, 0.5) is 4.79 Å². The SMILES string of the molecule is CCC(C)C1COC(=O)N1C1CCN(Cc2ccc(S(C)(=O)=O)cc2)CC1. The normalized spacial score (nSPS) is 23.4. The maximum absolute atomic E-state index is 12.2. The summed E-state index contributed by atoms with van der Waals surface area (Å²) in [4.78, 5) is 16.9. The highest BCUT2D eigenvalue weighted by atomic mass is 32.2. The molecule has 1 aromatic carbocycles. The zero-order chi connectivity index (χ0) is 19.6. The van der Waals surface area contributed by atoms with E-state index in [-0.39, 0.29) is 18.2 Å². The standard InChI is InChI=1S/C20H30N2O4S/c1-4-15(2)19-14-26-20(23)22(19)17-9-11-21(12-10-17)13-16-5-7-18(8-6-16)27(3,24)25/h5-8,15,17,19H,4,9-14H2,1-3H3. The van der Waals surface area contributed by atoms with Gasteiger partial charge in [-0.15, -0.1) is 0 Å². The van der Waals surface area contributed by atoms with Gasteiger partial charge in [-0.05, 0) is 36.5 Å². The predicted octanol–water partition coefficient (Wildman–Crippen LogP) is 2.92. The first-order chi connectivity index (χ1) is 12.8. The van der Waals surface area contributed by atoms with Crippen LogP contribution in [0.1, 0.15) is 38.7 Å². The van der Waals surface area contributed by atoms with Crippen LogP contribution in [0.25, 0.3) is 0 Å². The molecule has 0 aliphatic carbocycles. The van der Waals surface area contributed by atoms with Crippen LogP contribution in [-0.2, 0) is 21.1 Å². The zero-order valence-electron chi connectivity index (χ0n) is 16.4. The second kappa shape index (κ2) is 8.19. The van der Waals surface area contributed by atoms with E-state index >= 15 is 0 Å². The molecule has 0 saturated carbocycles. The Labute approximate surface area is 162 Å². The van der Waals surface area contributed by atoms with Crippen molar-refractivity contribution < 1.29 is 17.9 Å². The Morgan fingerprint density at radius 1 is 1.19 bits per heavy atom. The van der Waals surface area contributed by atoms with E-state index in [1.165, 1.54) is 6.26 Å². The van der Waals surface area contributed by atoms with E-state index < -0.39 is 9.84 Å². The lowest BCUT2D eigenvalue weighted by molar-refractivity contribution is 0.0932. The van der Waals surface area contributed by atoms with Crippen LogP contribution in [0, 0.1) is 5.92 Å². The number of nitrogens with zero attached hydrogens (tertiary/aromatic N) is 2. The van der Waals surface area contributed by atoms with Crippen LogP contribution in [0.15, 0.2) is 29.2 Å². The molecule has 0 spiro atoms. The Balaban J connectivity index is 1.56. The third kappa shape index (κ3) is 4.63. The summed E-state index contributed by atoms with van der Waals surface area (Å²) >= 11 is 0. The lowest BCUT2D eigenvalue weighted by Crippen LogP contribution is -2.50. The van der Waals surface area contributed by atoms with Crippen molar-refractivity contribution in [2.24, 2.45) is 5.92 Å². The Hall–Kier alpha value is -1.60. The molecule has 7 heteroatoms. The summed E-state index contributed by atoms with van der Waals surface area (Å²) in [6.45, 7) is 7.51. The van der Waals surface area contributed by atoms with Crippen molar-refractivity contribution in [2.45, 2.75) is 56.6 Å². The molecular formula is C20H30N2O4S. The minimum absolute atomic E-state index is 0.157. The van der Waals surface area contributed by atoms with Gasteiger partial charge in [-0.2, -0.15) is 0 Å². The molecule has 0 N–H and O–H groups in total. The number of hydrogen-bond acceptors (Lipinski definition) is 5. The van der Waals surface area contributed by atoms with Crippen LogP contribution >= 0.6 is 0 Å². The Bertz CT molecular complexity index is 755. The maximum Gasteiger partial charge on any atom is 0.410 e. The molecule has 2 unspecified atom stereocenters. The first kappa shape index (κ1) is 20.1. The van der Waals surface area contributed by atoms with Gasteiger partial charge in [-0.25, -0.2) is 13.2 Å². The third-order valence-corrected chi connectivity index (χ3v) is 7.08. The van der Waals surface area contributed by atoms with Gasteiger partial charge in [0.15, 0.2) is 9.84 Å². The Kier molecular flexibility index (Phi) is 6.11. The minimum Gasteiger partial charge on any atom is -0.447 e. The van der Waals surface area contributed by atoms with Gasteiger partial charge in [0, 0.05) is 31.9 Å². The summed E-state index contributed by atoms with van der Waals surface area (Å²) in [6.07, 6.45) is 4.01. The summed E-state index contributed by atoms with van der Waals surface area (Å²) in [6, 6.07) is 7.58. The fourth-order valence-electron chi connectivity index (χ4n) is 4.03. The Morgan fingerprint density at radius 3 is 2.37 bits per heavy atom. The molecule has 1 aromatic rings. The van der Waals surface area contributed by atoms with E-state index in [9.17, 15) is 13.2 Å². The molecule has 6 nitrogen and oxygen atoms in total. The minimum atomic E-state index is -3.15. The maximum atomic E-state index is 12.2. The molecule has 3 rings (SSSR count). The summed E-state index contributed by atoms with van der Waals surface area (Å²) in [5.74, 6) is 0.447. The van der Waals surface area contributed by atoms with Crippen molar-refractivity contribution in [3.8, 4) is 0 Å². The number of carbonyl (C=O) groups is 1. The average Bonchev–Trinajstić information content (AvgIpc) is 3.03. The highest BCUT2D eigenvalue weighted by Crippen LogP contribution is 2.29. The van der Waals surface area contributed by atoms with E-state index in [2.05, 4.69) is 18.7 Å². The Morgan fingerprint density at radius 2 is 1.81 bits per heavy atom. The molecule has 2 heterocycles. The van der Waals surface area contributed by atoms with E-state index in [0.29, 0.717) is 17.4 Å². The second-order valence-electron chi connectivity index (χ2n) is 7.86. The molecule has 2 aliphatic rings. The molecule has 0 radical (unpaired) electrons. The highest BCUT2D eigenvalue weighted by Gasteiger charge is 2.41. The summed E-state index contributed by atoms with van der Waals surface area (Å²) in [5.41, 5.74) is 1.11. The predicted molar refractivity (Wildman–Crippen MR) is 104 cm³/mol. The zero-order valence-corrected chi connectivity index (χ0v) is 17.2. The third-order valence-electron chi connectivity index (χ3n) is 5.95. The lowest BCUT2D eigenvalue weighted by Gasteiger charge is -2.39. The number of sulfone groups is 1. The molecule has 2 atom stereocenters. The quantitative estimate of drug-likeness (QED) is 0.742. The van der Waals surface area contributed by atoms with Gasteiger partial charge in [0.05, 0.1) is 10.9 Å². The number of piperidine rings is 1. The van der Waals surface area contributed by atoms with E-state index in [1.54, 1.807) is 12.1 Å². The molecule has 0 aromatic heterocycles. The number of likely N-dealkylation sites (tertiary alicyclic amines) is 1. The number of carbonyl (C=O) groups excluding carboxylic acids is 1. The first-order valence-corrected chi connectivity index (χ1v) is 11.6. The summed E-state index contributed by atoms with van der Waals surface area (Å²) < 4.78 is 28.5. The number of cyclic esters (lactones) is 1. The van der Waals surface area contributed by atoms with Crippen molar-refractivity contribution in [3.63, 3.8) is 0 Å². The molecular weight excluding hydrogens is 364 g/mol. The lowest BCUT2D eigenvalue weighted by atomic mass is 9.95. The van der Waals surface area contributed by atoms with Gasteiger partial charge < -0.3 is 4.74 Å². The van der Waals surface area contributed by atoms with Gasteiger partial charge in [0.25, 0.3) is 0 Å². The molecule has 27 heavy (non-hydrogen) atoms. The molecule has 150 valence electrons. The number of ether oxygens (including phenoxy) is 1. The number of hydrogen-bond donors (Lipinski definition) is 0. The van der Waals surface area contributed by atoms with Crippen molar-refractivity contribution >= 4 is 15.9 Å². The summed E-state index contributed by atoms with van der Waals surface area (Å²) in [7, 11) is -3.15. The number of rotatable bonds is 6. The van der Waals surface area contributed by atoms with Crippen LogP contribution in [0.3, 0.4) is 0 Å². The molecule has 1 amide bonds. The smallest absolute Gasteiger partial charge is 0.410 e. The van der Waals surface area contributed by atoms with Crippen LogP contribution in [0.2, 0.25) is 0 Å². The fraction of sp³-hybridized carbons (Fsp3) is 0.650. The van der Waals surface area contributed by atoms with Gasteiger partial charge in [-0.3, -0.25) is 9.80 Å². The fourth-order valence-corrected chi connectivity index (χ4v) is 4.66. The molecule has 0 bridgehead atoms. The average molecular weight is 395 g/mol. The van der Waals surface area contributed by atoms with Gasteiger partial charge in [-0.1, -0.05) is 32.4 Å². The second-order valence-corrected chi connectivity index (χ2v) is 9.88. The van der Waals surface area contributed by atoms with E-state index in [1.807, 2.05) is 17.0 Å². The van der Waals surface area contributed by atoms with Crippen molar-refractivity contribution in [2.75, 3.05) is 26.0 Å². The van der Waals surface area contributed by atoms with Crippen LogP contribution in [0.5, 0.6) is 0 Å². The molecule has 2 aliphatic heterocycles. The van der Waals surface area contributed by atoms with Crippen molar-refractivity contribution in [1.82, 2.24) is 9.80 Å². The first-order valence-electron chi connectivity index (χ1n) is 9.76. The van der Waals surface area contributed by atoms with Crippen molar-refractivity contribution in [1.29, 1.82) is 0 Å². The number of amides is 1. The van der Waals surface area contributed by atoms with Crippen molar-refractivity contribution in [3.05, 3.63) is 29.8 Å². The van der Waals surface area contributed by atoms with E-state index in [0.717, 1.165) is 44.5 Å². The van der Waals surface area contributed by atoms with Crippen LogP contribution in [-0.4, -0.2) is 62.3 Å². The number of benzene rings is 1. The molecule has 2 saturated heterocycles. The van der Waals surface area contributed by atoms with Gasteiger partial charge >= 0.3 is 6.09 Å². The van der Waals surface area contributed by atoms with Crippen LogP contribution < -0.4 is 0 Å². The summed E-state index contributed by atoms with van der Waals surface area (Å²) in [5, 5.41) is 0. The monoisotopic (exact) mass is 394 g/mol. The molecule has 2 fully saturated rings. The van der Waals surface area contributed by atoms with E-state index in [4.69, 9.17) is 4.74 Å². The van der Waals surface area contributed by atoms with Gasteiger partial charge in [0.1, 0.15) is 6.61 Å². The highest BCUT2D eigenvalue weighted by molar-refractivity contribution is 7.90.